The molecule has 32 heavy (non-hydrogen) atoms. The number of carbonyl (C=O) groups excluding carboxylic acids is 1. The summed E-state index contributed by atoms with van der Waals surface area (Å²) in [5, 5.41) is 0. The number of Topliss-reactive ketones (excluding diaryl/α,β-unsaturated/α-hetero) is 1. The Morgan fingerprint density at radius 2 is 1.66 bits per heavy atom. The van der Waals surface area contributed by atoms with E-state index in [4.69, 9.17) is 14.2 Å². The van der Waals surface area contributed by atoms with Crippen LogP contribution in [-0.4, -0.2) is 31.7 Å². The highest BCUT2D eigenvalue weighted by atomic mass is 16.5. The molecule has 0 spiro atoms. The van der Waals surface area contributed by atoms with Crippen molar-refractivity contribution in [2.45, 2.75) is 58.9 Å². The minimum Gasteiger partial charge on any atom is -0.497 e. The van der Waals surface area contributed by atoms with Gasteiger partial charge in [0.05, 0.1) is 33.4 Å². The zero-order valence-corrected chi connectivity index (χ0v) is 19.9. The molecule has 1 aliphatic rings. The lowest BCUT2D eigenvalue weighted by molar-refractivity contribution is 0.0866. The summed E-state index contributed by atoms with van der Waals surface area (Å²) in [6.45, 7) is 4.25. The van der Waals surface area contributed by atoms with E-state index < -0.39 is 0 Å². The van der Waals surface area contributed by atoms with Crippen LogP contribution in [0.4, 0.5) is 0 Å². The van der Waals surface area contributed by atoms with E-state index in [1.165, 1.54) is 31.6 Å². The van der Waals surface area contributed by atoms with Gasteiger partial charge in [0.15, 0.2) is 11.5 Å². The lowest BCUT2D eigenvalue weighted by Gasteiger charge is -2.28. The Morgan fingerprint density at radius 3 is 2.19 bits per heavy atom. The number of benzene rings is 1. The van der Waals surface area contributed by atoms with Crippen LogP contribution in [-0.2, 0) is 6.54 Å². The Hall–Kier alpha value is -2.76. The molecule has 0 bridgehead atoms. The van der Waals surface area contributed by atoms with Gasteiger partial charge in [-0.05, 0) is 56.2 Å². The first-order valence-electron chi connectivity index (χ1n) is 11.5. The maximum absolute atomic E-state index is 13.6. The number of carbonyl (C=O) groups is 1. The molecule has 1 aromatic carbocycles. The molecule has 1 saturated carbocycles. The second-order valence-electron chi connectivity index (χ2n) is 8.65. The van der Waals surface area contributed by atoms with Gasteiger partial charge in [0, 0.05) is 11.5 Å². The summed E-state index contributed by atoms with van der Waals surface area (Å²) < 4.78 is 17.9. The molecule has 1 aromatic heterocycles. The Kier molecular flexibility index (Phi) is 7.99. The number of pyridine rings is 1. The van der Waals surface area contributed by atoms with Crippen molar-refractivity contribution in [3.63, 3.8) is 0 Å². The van der Waals surface area contributed by atoms with Crippen LogP contribution in [0.1, 0.15) is 66.9 Å². The highest BCUT2D eigenvalue weighted by molar-refractivity contribution is 5.99. The molecule has 0 radical (unpaired) electrons. The van der Waals surface area contributed by atoms with Crippen molar-refractivity contribution in [1.29, 1.82) is 0 Å². The first-order chi connectivity index (χ1) is 15.4. The van der Waals surface area contributed by atoms with E-state index in [1.54, 1.807) is 14.0 Å². The third kappa shape index (κ3) is 4.84. The Balaban J connectivity index is 2.00. The van der Waals surface area contributed by atoms with Gasteiger partial charge in [-0.1, -0.05) is 31.9 Å². The van der Waals surface area contributed by atoms with Crippen molar-refractivity contribution >= 4 is 5.78 Å². The van der Waals surface area contributed by atoms with Gasteiger partial charge in [0.2, 0.25) is 5.88 Å². The number of nitrogens with zero attached hydrogens (tertiary/aromatic N) is 1. The highest BCUT2D eigenvalue weighted by Gasteiger charge is 2.32. The number of ether oxygens (including phenoxy) is 3. The SMILES string of the molecule is CCCC1CCC(C(=O)c2c(C)c(OC)c(OC)n(Cc3ccc(OC)cc3)c2=O)CC1. The summed E-state index contributed by atoms with van der Waals surface area (Å²) in [5.41, 5.74) is 1.36. The molecule has 0 amide bonds. The van der Waals surface area contributed by atoms with Crippen molar-refractivity contribution < 1.29 is 19.0 Å². The zero-order valence-electron chi connectivity index (χ0n) is 19.9. The molecule has 0 aliphatic heterocycles. The van der Waals surface area contributed by atoms with E-state index in [-0.39, 0.29) is 29.4 Å². The maximum atomic E-state index is 13.6. The van der Waals surface area contributed by atoms with Crippen LogP contribution in [0.15, 0.2) is 29.1 Å². The summed E-state index contributed by atoms with van der Waals surface area (Å²) in [7, 11) is 4.66. The summed E-state index contributed by atoms with van der Waals surface area (Å²) >= 11 is 0. The summed E-state index contributed by atoms with van der Waals surface area (Å²) in [5.74, 6) is 2.03. The Morgan fingerprint density at radius 1 is 1.00 bits per heavy atom. The van der Waals surface area contributed by atoms with Crippen LogP contribution in [0.3, 0.4) is 0 Å². The van der Waals surface area contributed by atoms with E-state index in [1.807, 2.05) is 24.3 Å². The molecule has 6 nitrogen and oxygen atoms in total. The Labute approximate surface area is 190 Å². The largest absolute Gasteiger partial charge is 0.497 e. The van der Waals surface area contributed by atoms with E-state index in [9.17, 15) is 9.59 Å². The van der Waals surface area contributed by atoms with Crippen molar-refractivity contribution in [2.24, 2.45) is 11.8 Å². The van der Waals surface area contributed by atoms with Gasteiger partial charge in [-0.3, -0.25) is 14.2 Å². The quantitative estimate of drug-likeness (QED) is 0.511. The fraction of sp³-hybridized carbons (Fsp3) is 0.538. The molecule has 0 saturated heterocycles. The smallest absolute Gasteiger partial charge is 0.265 e. The maximum Gasteiger partial charge on any atom is 0.265 e. The third-order valence-electron chi connectivity index (χ3n) is 6.67. The van der Waals surface area contributed by atoms with E-state index in [2.05, 4.69) is 6.92 Å². The van der Waals surface area contributed by atoms with Crippen molar-refractivity contribution in [2.75, 3.05) is 21.3 Å². The van der Waals surface area contributed by atoms with Gasteiger partial charge in [-0.25, -0.2) is 0 Å². The fourth-order valence-electron chi connectivity index (χ4n) is 4.90. The van der Waals surface area contributed by atoms with Gasteiger partial charge in [-0.2, -0.15) is 0 Å². The molecular formula is C26H35NO5. The predicted molar refractivity (Wildman–Crippen MR) is 125 cm³/mol. The number of methoxy groups -OCH3 is 3. The average molecular weight is 442 g/mol. The van der Waals surface area contributed by atoms with Gasteiger partial charge in [0.25, 0.3) is 5.56 Å². The molecule has 6 heteroatoms. The van der Waals surface area contributed by atoms with Crippen LogP contribution in [0.5, 0.6) is 17.4 Å². The molecule has 1 heterocycles. The Bertz CT molecular complexity index is 985. The molecule has 1 fully saturated rings. The highest BCUT2D eigenvalue weighted by Crippen LogP contribution is 2.36. The molecule has 0 atom stereocenters. The van der Waals surface area contributed by atoms with Crippen molar-refractivity contribution in [3.8, 4) is 17.4 Å². The average Bonchev–Trinajstić information content (AvgIpc) is 2.81. The van der Waals surface area contributed by atoms with E-state index in [0.717, 1.165) is 37.0 Å². The second-order valence-corrected chi connectivity index (χ2v) is 8.65. The predicted octanol–water partition coefficient (Wildman–Crippen LogP) is 5.02. The van der Waals surface area contributed by atoms with Crippen LogP contribution >= 0.6 is 0 Å². The van der Waals surface area contributed by atoms with Crippen molar-refractivity contribution in [1.82, 2.24) is 4.57 Å². The fourth-order valence-corrected chi connectivity index (χ4v) is 4.90. The zero-order chi connectivity index (χ0) is 23.3. The lowest BCUT2D eigenvalue weighted by atomic mass is 9.77. The summed E-state index contributed by atoms with van der Waals surface area (Å²) in [6.07, 6.45) is 6.18. The first kappa shape index (κ1) is 23.9. The molecule has 0 unspecified atom stereocenters. The van der Waals surface area contributed by atoms with Crippen LogP contribution < -0.4 is 19.8 Å². The second kappa shape index (κ2) is 10.7. The molecule has 3 rings (SSSR count). The van der Waals surface area contributed by atoms with Crippen LogP contribution in [0.25, 0.3) is 0 Å². The van der Waals surface area contributed by atoms with Crippen LogP contribution in [0, 0.1) is 18.8 Å². The van der Waals surface area contributed by atoms with Crippen LogP contribution in [0.2, 0.25) is 0 Å². The molecule has 174 valence electrons. The topological polar surface area (TPSA) is 66.8 Å². The standard InChI is InChI=1S/C26H35NO5/c1-6-7-18-8-12-20(13-9-18)23(28)22-17(2)24(31-4)26(32-5)27(25(22)29)16-19-10-14-21(30-3)15-11-19/h10-11,14-15,18,20H,6-9,12-13,16H2,1-5H3. The van der Waals surface area contributed by atoms with E-state index >= 15 is 0 Å². The minimum absolute atomic E-state index is 0.0631. The number of ketones is 1. The number of hydrogen-bond donors (Lipinski definition) is 0. The summed E-state index contributed by atoms with van der Waals surface area (Å²) in [4.78, 5) is 27.1. The summed E-state index contributed by atoms with van der Waals surface area (Å²) in [6, 6.07) is 7.49. The molecular weight excluding hydrogens is 406 g/mol. The number of rotatable bonds is 9. The van der Waals surface area contributed by atoms with Gasteiger partial charge in [0.1, 0.15) is 5.75 Å². The molecule has 2 aromatic rings. The van der Waals surface area contributed by atoms with Gasteiger partial charge >= 0.3 is 0 Å². The number of aromatic nitrogens is 1. The minimum atomic E-state index is -0.323. The molecule has 1 aliphatic carbocycles. The van der Waals surface area contributed by atoms with Gasteiger partial charge in [-0.15, -0.1) is 0 Å². The van der Waals surface area contributed by atoms with E-state index in [0.29, 0.717) is 23.1 Å². The van der Waals surface area contributed by atoms with Crippen molar-refractivity contribution in [3.05, 3.63) is 51.3 Å². The third-order valence-corrected chi connectivity index (χ3v) is 6.67. The molecule has 0 N–H and O–H groups in total. The monoisotopic (exact) mass is 441 g/mol. The first-order valence-corrected chi connectivity index (χ1v) is 11.5. The normalized spacial score (nSPS) is 18.3. The van der Waals surface area contributed by atoms with Gasteiger partial charge < -0.3 is 14.2 Å². The number of hydrogen-bond acceptors (Lipinski definition) is 5. The lowest BCUT2D eigenvalue weighted by Crippen LogP contribution is -2.33.